The van der Waals surface area contributed by atoms with Gasteiger partial charge in [-0.25, -0.2) is 13.1 Å². The fourth-order valence-corrected chi connectivity index (χ4v) is 5.30. The molecule has 1 heterocycles. The molecule has 188 valence electrons. The zero-order valence-corrected chi connectivity index (χ0v) is 21.3. The Hall–Kier alpha value is -3.20. The van der Waals surface area contributed by atoms with Gasteiger partial charge in [-0.05, 0) is 73.4 Å². The molecule has 3 aromatic carbocycles. The summed E-state index contributed by atoms with van der Waals surface area (Å²) in [7, 11) is -3.64. The van der Waals surface area contributed by atoms with Gasteiger partial charge in [0.2, 0.25) is 15.9 Å². The van der Waals surface area contributed by atoms with Crippen molar-refractivity contribution in [1.29, 1.82) is 0 Å². The molecule has 1 aliphatic rings. The third-order valence-corrected chi connectivity index (χ3v) is 7.95. The number of halogens is 1. The Balaban J connectivity index is 1.26. The van der Waals surface area contributed by atoms with E-state index in [0.29, 0.717) is 55.2 Å². The van der Waals surface area contributed by atoms with E-state index in [1.54, 1.807) is 41.3 Å². The van der Waals surface area contributed by atoms with Gasteiger partial charge >= 0.3 is 0 Å². The van der Waals surface area contributed by atoms with Crippen LogP contribution in [0, 0.1) is 5.92 Å². The van der Waals surface area contributed by atoms with Crippen molar-refractivity contribution in [2.24, 2.45) is 5.92 Å². The van der Waals surface area contributed by atoms with Crippen molar-refractivity contribution < 1.29 is 18.0 Å². The molecule has 36 heavy (non-hydrogen) atoms. The first-order chi connectivity index (χ1) is 17.3. The second-order valence-corrected chi connectivity index (χ2v) is 10.9. The SMILES string of the molecule is O=C(Nc1ccc(S(=O)(=O)NCCc2ccccc2)cc1)C1CCN(C(=O)c2ccc(Cl)cc2)CC1. The Morgan fingerprint density at radius 2 is 1.53 bits per heavy atom. The molecule has 0 unspecified atom stereocenters. The quantitative estimate of drug-likeness (QED) is 0.457. The monoisotopic (exact) mass is 525 g/mol. The molecule has 1 fully saturated rings. The molecule has 0 radical (unpaired) electrons. The van der Waals surface area contributed by atoms with Crippen molar-refractivity contribution in [3.63, 3.8) is 0 Å². The zero-order valence-electron chi connectivity index (χ0n) is 19.7. The first-order valence-corrected chi connectivity index (χ1v) is 13.7. The summed E-state index contributed by atoms with van der Waals surface area (Å²) in [5, 5.41) is 3.44. The predicted octanol–water partition coefficient (Wildman–Crippen LogP) is 4.35. The Morgan fingerprint density at radius 3 is 2.17 bits per heavy atom. The summed E-state index contributed by atoms with van der Waals surface area (Å²) in [5.74, 6) is -0.424. The number of carbonyl (C=O) groups is 2. The van der Waals surface area contributed by atoms with Crippen molar-refractivity contribution >= 4 is 39.1 Å². The molecule has 0 aromatic heterocycles. The minimum Gasteiger partial charge on any atom is -0.339 e. The van der Waals surface area contributed by atoms with Gasteiger partial charge in [0.05, 0.1) is 4.90 Å². The van der Waals surface area contributed by atoms with Crippen LogP contribution in [0.4, 0.5) is 5.69 Å². The smallest absolute Gasteiger partial charge is 0.253 e. The Bertz CT molecular complexity index is 1290. The Labute approximate surface area is 216 Å². The maximum atomic E-state index is 12.7. The molecule has 0 saturated carbocycles. The van der Waals surface area contributed by atoms with Gasteiger partial charge < -0.3 is 10.2 Å². The van der Waals surface area contributed by atoms with E-state index < -0.39 is 10.0 Å². The molecule has 0 atom stereocenters. The van der Waals surface area contributed by atoms with Crippen molar-refractivity contribution in [3.05, 3.63) is 95.0 Å². The number of anilines is 1. The van der Waals surface area contributed by atoms with Gasteiger partial charge in [0, 0.05) is 41.8 Å². The van der Waals surface area contributed by atoms with E-state index in [1.165, 1.54) is 12.1 Å². The number of hydrogen-bond donors (Lipinski definition) is 2. The lowest BCUT2D eigenvalue weighted by Crippen LogP contribution is -2.41. The van der Waals surface area contributed by atoms with Crippen LogP contribution in [0.2, 0.25) is 5.02 Å². The van der Waals surface area contributed by atoms with Crippen LogP contribution >= 0.6 is 11.6 Å². The van der Waals surface area contributed by atoms with E-state index in [2.05, 4.69) is 10.0 Å². The molecule has 1 saturated heterocycles. The second kappa shape index (κ2) is 11.7. The number of amides is 2. The van der Waals surface area contributed by atoms with Gasteiger partial charge in [0.1, 0.15) is 0 Å². The van der Waals surface area contributed by atoms with E-state index in [9.17, 15) is 18.0 Å². The van der Waals surface area contributed by atoms with Crippen LogP contribution in [0.5, 0.6) is 0 Å². The van der Waals surface area contributed by atoms with Crippen molar-refractivity contribution in [2.45, 2.75) is 24.2 Å². The number of sulfonamides is 1. The third-order valence-electron chi connectivity index (χ3n) is 6.22. The fourth-order valence-electron chi connectivity index (χ4n) is 4.14. The van der Waals surface area contributed by atoms with Crippen molar-refractivity contribution in [2.75, 3.05) is 25.0 Å². The lowest BCUT2D eigenvalue weighted by atomic mass is 9.95. The van der Waals surface area contributed by atoms with Crippen LogP contribution in [0.25, 0.3) is 0 Å². The van der Waals surface area contributed by atoms with Crippen LogP contribution in [0.1, 0.15) is 28.8 Å². The molecule has 0 aliphatic carbocycles. The van der Waals surface area contributed by atoms with Crippen molar-refractivity contribution in [1.82, 2.24) is 9.62 Å². The molecular formula is C27H28ClN3O4S. The van der Waals surface area contributed by atoms with Crippen LogP contribution in [-0.2, 0) is 21.2 Å². The molecule has 3 aromatic rings. The molecule has 1 aliphatic heterocycles. The molecule has 0 bridgehead atoms. The van der Waals surface area contributed by atoms with E-state index in [-0.39, 0.29) is 22.6 Å². The predicted molar refractivity (Wildman–Crippen MR) is 140 cm³/mol. The summed E-state index contributed by atoms with van der Waals surface area (Å²) in [6, 6.07) is 22.6. The highest BCUT2D eigenvalue weighted by atomic mass is 35.5. The number of carbonyl (C=O) groups excluding carboxylic acids is 2. The van der Waals surface area contributed by atoms with E-state index in [4.69, 9.17) is 11.6 Å². The molecular weight excluding hydrogens is 498 g/mol. The van der Waals surface area contributed by atoms with Gasteiger partial charge in [-0.15, -0.1) is 0 Å². The summed E-state index contributed by atoms with van der Waals surface area (Å²) in [6.45, 7) is 1.28. The standard InChI is InChI=1S/C27H28ClN3O4S/c28-23-8-6-22(7-9-23)27(33)31-18-15-21(16-19-31)26(32)30-24-10-12-25(13-11-24)36(34,35)29-17-14-20-4-2-1-3-5-20/h1-13,21,29H,14-19H2,(H,30,32). The highest BCUT2D eigenvalue weighted by Gasteiger charge is 2.28. The maximum Gasteiger partial charge on any atom is 0.253 e. The summed E-state index contributed by atoms with van der Waals surface area (Å²) in [6.07, 6.45) is 1.71. The van der Waals surface area contributed by atoms with Gasteiger partial charge in [-0.2, -0.15) is 0 Å². The molecule has 2 N–H and O–H groups in total. The normalized spacial score (nSPS) is 14.4. The number of likely N-dealkylation sites (tertiary alicyclic amines) is 1. The number of rotatable bonds is 8. The Morgan fingerprint density at radius 1 is 0.889 bits per heavy atom. The molecule has 7 nitrogen and oxygen atoms in total. The Kier molecular flexibility index (Phi) is 8.40. The van der Waals surface area contributed by atoms with Gasteiger partial charge in [-0.1, -0.05) is 41.9 Å². The number of benzene rings is 3. The fraction of sp³-hybridized carbons (Fsp3) is 0.259. The third kappa shape index (κ3) is 6.72. The van der Waals surface area contributed by atoms with Crippen LogP contribution in [0.3, 0.4) is 0 Å². The molecule has 4 rings (SSSR count). The van der Waals surface area contributed by atoms with Crippen LogP contribution in [-0.4, -0.2) is 44.8 Å². The average molecular weight is 526 g/mol. The molecule has 9 heteroatoms. The van der Waals surface area contributed by atoms with Gasteiger partial charge in [0.15, 0.2) is 0 Å². The number of hydrogen-bond acceptors (Lipinski definition) is 4. The van der Waals surface area contributed by atoms with Gasteiger partial charge in [-0.3, -0.25) is 9.59 Å². The van der Waals surface area contributed by atoms with Crippen molar-refractivity contribution in [3.8, 4) is 0 Å². The molecule has 0 spiro atoms. The highest BCUT2D eigenvalue weighted by molar-refractivity contribution is 7.89. The average Bonchev–Trinajstić information content (AvgIpc) is 2.89. The minimum atomic E-state index is -3.64. The first kappa shape index (κ1) is 25.9. The van der Waals surface area contributed by atoms with Gasteiger partial charge in [0.25, 0.3) is 5.91 Å². The first-order valence-electron chi connectivity index (χ1n) is 11.8. The summed E-state index contributed by atoms with van der Waals surface area (Å²) < 4.78 is 27.8. The van der Waals surface area contributed by atoms with Crippen LogP contribution < -0.4 is 10.0 Å². The summed E-state index contributed by atoms with van der Waals surface area (Å²) >= 11 is 5.89. The minimum absolute atomic E-state index is 0.0697. The lowest BCUT2D eigenvalue weighted by molar-refractivity contribution is -0.121. The highest BCUT2D eigenvalue weighted by Crippen LogP contribution is 2.22. The zero-order chi connectivity index (χ0) is 25.5. The topological polar surface area (TPSA) is 95.6 Å². The van der Waals surface area contributed by atoms with E-state index in [0.717, 1.165) is 5.56 Å². The van der Waals surface area contributed by atoms with E-state index >= 15 is 0 Å². The molecule has 2 amide bonds. The summed E-state index contributed by atoms with van der Waals surface area (Å²) in [4.78, 5) is 27.3. The van der Waals surface area contributed by atoms with Crippen LogP contribution in [0.15, 0.2) is 83.8 Å². The number of piperidine rings is 1. The van der Waals surface area contributed by atoms with E-state index in [1.807, 2.05) is 30.3 Å². The lowest BCUT2D eigenvalue weighted by Gasteiger charge is -2.31. The maximum absolute atomic E-state index is 12.7. The number of nitrogens with one attached hydrogen (secondary N) is 2. The summed E-state index contributed by atoms with van der Waals surface area (Å²) in [5.41, 5.74) is 2.16. The second-order valence-electron chi connectivity index (χ2n) is 8.72. The number of nitrogens with zero attached hydrogens (tertiary/aromatic N) is 1. The largest absolute Gasteiger partial charge is 0.339 e.